The number of hydrogen-bond donors (Lipinski definition) is 2. The molecule has 10 heavy (non-hydrogen) atoms. The van der Waals surface area contributed by atoms with E-state index in [4.69, 9.17) is 10.7 Å². The van der Waals surface area contributed by atoms with Gasteiger partial charge in [0.2, 0.25) is 0 Å². The molecule has 0 radical (unpaired) electrons. The summed E-state index contributed by atoms with van der Waals surface area (Å²) in [6.45, 7) is 0. The summed E-state index contributed by atoms with van der Waals surface area (Å²) in [6.07, 6.45) is 3.65. The second-order valence-electron chi connectivity index (χ2n) is 1.91. The Morgan fingerprint density at radius 1 is 1.60 bits per heavy atom. The maximum Gasteiger partial charge on any atom is 0.342 e. The fraction of sp³-hybridized carbons (Fsp3) is 0.667. The number of carbonyl (C=O) groups is 1. The summed E-state index contributed by atoms with van der Waals surface area (Å²) in [6, 6.07) is 0. The van der Waals surface area contributed by atoms with Crippen LogP contribution in [-0.4, -0.2) is 17.4 Å². The Hall–Kier alpha value is -0.900. The zero-order chi connectivity index (χ0) is 7.82. The van der Waals surface area contributed by atoms with E-state index in [9.17, 15) is 4.79 Å². The van der Waals surface area contributed by atoms with E-state index in [1.54, 1.807) is 0 Å². The number of hydrogen-bond acceptors (Lipinski definition) is 4. The average molecular weight is 145 g/mol. The van der Waals surface area contributed by atoms with Crippen molar-refractivity contribution in [2.75, 3.05) is 0 Å². The van der Waals surface area contributed by atoms with Crippen molar-refractivity contribution in [3.8, 4) is 0 Å². The minimum atomic E-state index is -0.606. The highest BCUT2D eigenvalue weighted by Gasteiger charge is 1.99. The normalized spacial score (nSPS) is 8.90. The molecule has 0 saturated heterocycles. The first-order chi connectivity index (χ1) is 4.81. The minimum Gasteiger partial charge on any atom is -0.313 e. The first-order valence-corrected chi connectivity index (χ1v) is 3.14. The van der Waals surface area contributed by atoms with Gasteiger partial charge in [-0.25, -0.2) is 4.79 Å². The van der Waals surface area contributed by atoms with E-state index in [2.05, 4.69) is 4.89 Å². The summed E-state index contributed by atoms with van der Waals surface area (Å²) in [5.41, 5.74) is 0. The van der Waals surface area contributed by atoms with Crippen molar-refractivity contribution in [3.05, 3.63) is 0 Å². The van der Waals surface area contributed by atoms with Gasteiger partial charge in [-0.15, -0.1) is 0 Å². The fourth-order valence-corrected chi connectivity index (χ4v) is 0.561. The molecule has 0 aliphatic carbocycles. The Balaban J connectivity index is 3.03. The molecule has 0 rings (SSSR count). The van der Waals surface area contributed by atoms with Crippen LogP contribution in [0.1, 0.15) is 25.7 Å². The van der Waals surface area contributed by atoms with Crippen molar-refractivity contribution in [3.63, 3.8) is 0 Å². The molecule has 0 aromatic carbocycles. The van der Waals surface area contributed by atoms with E-state index in [0.29, 0.717) is 12.8 Å². The van der Waals surface area contributed by atoms with Crippen LogP contribution in [0.3, 0.4) is 0 Å². The van der Waals surface area contributed by atoms with Crippen LogP contribution in [0.5, 0.6) is 0 Å². The van der Waals surface area contributed by atoms with Gasteiger partial charge in [-0.3, -0.25) is 0 Å². The molecule has 0 heterocycles. The average Bonchev–Trinajstić information content (AvgIpc) is 1.98. The lowest BCUT2D eigenvalue weighted by molar-refractivity contribution is -0.234. The van der Waals surface area contributed by atoms with Crippen LogP contribution in [0.15, 0.2) is 0 Å². The second-order valence-corrected chi connectivity index (χ2v) is 1.91. The molecule has 0 atom stereocenters. The highest BCUT2D eigenvalue weighted by Crippen LogP contribution is 1.98. The summed E-state index contributed by atoms with van der Waals surface area (Å²) in [4.78, 5) is 13.7. The van der Waals surface area contributed by atoms with Crippen molar-refractivity contribution in [1.82, 2.24) is 0 Å². The number of rotatable bonds is 5. The number of unbranched alkanes of at least 4 members (excludes halogenated alkanes) is 2. The molecular weight excluding hydrogens is 134 g/mol. The molecule has 58 valence electrons. The summed E-state index contributed by atoms with van der Waals surface area (Å²) < 4.78 is 0. The summed E-state index contributed by atoms with van der Waals surface area (Å²) in [5, 5.41) is 14.4. The van der Waals surface area contributed by atoms with E-state index < -0.39 is 5.97 Å². The van der Waals surface area contributed by atoms with Crippen LogP contribution in [0.2, 0.25) is 0 Å². The van der Waals surface area contributed by atoms with Crippen LogP contribution >= 0.6 is 0 Å². The van der Waals surface area contributed by atoms with E-state index >= 15 is 0 Å². The lowest BCUT2D eigenvalue weighted by Gasteiger charge is -1.93. The van der Waals surface area contributed by atoms with Gasteiger partial charge in [0.1, 0.15) is 0 Å². The lowest BCUT2D eigenvalue weighted by Crippen LogP contribution is -1.99. The molecule has 0 amide bonds. The highest BCUT2D eigenvalue weighted by atomic mass is 17.1. The lowest BCUT2D eigenvalue weighted by atomic mass is 10.2. The molecule has 0 aliphatic heterocycles. The van der Waals surface area contributed by atoms with E-state index in [1.807, 2.05) is 0 Å². The third-order valence-electron chi connectivity index (χ3n) is 1.08. The predicted molar refractivity (Wildman–Crippen MR) is 36.0 cm³/mol. The van der Waals surface area contributed by atoms with Crippen LogP contribution < -0.4 is 0 Å². The molecule has 0 aromatic heterocycles. The molecule has 0 unspecified atom stereocenters. The molecule has 0 aliphatic rings. The van der Waals surface area contributed by atoms with E-state index in [1.165, 1.54) is 6.21 Å². The maximum absolute atomic E-state index is 10.2. The van der Waals surface area contributed by atoms with Gasteiger partial charge in [-0.05, 0) is 25.5 Å². The first-order valence-electron chi connectivity index (χ1n) is 3.14. The molecule has 0 spiro atoms. The Morgan fingerprint density at radius 3 is 2.80 bits per heavy atom. The first kappa shape index (κ1) is 9.10. The standard InChI is InChI=1S/C6H11NO3/c7-5-3-1-2-4-6(8)10-9/h5,7,9H,1-4H2. The summed E-state index contributed by atoms with van der Waals surface area (Å²) >= 11 is 0. The van der Waals surface area contributed by atoms with Crippen molar-refractivity contribution < 1.29 is 14.9 Å². The molecular formula is C6H11NO3. The SMILES string of the molecule is N=CCCCCC(=O)OO. The Kier molecular flexibility index (Phi) is 5.66. The summed E-state index contributed by atoms with van der Waals surface area (Å²) in [7, 11) is 0. The third kappa shape index (κ3) is 5.24. The number of carbonyl (C=O) groups excluding carboxylic acids is 1. The van der Waals surface area contributed by atoms with E-state index in [-0.39, 0.29) is 6.42 Å². The quantitative estimate of drug-likeness (QED) is 0.264. The van der Waals surface area contributed by atoms with E-state index in [0.717, 1.165) is 6.42 Å². The van der Waals surface area contributed by atoms with Crippen LogP contribution in [0.4, 0.5) is 0 Å². The smallest absolute Gasteiger partial charge is 0.313 e. The molecule has 0 saturated carbocycles. The molecule has 0 bridgehead atoms. The number of nitrogens with one attached hydrogen (secondary N) is 1. The van der Waals surface area contributed by atoms with Crippen molar-refractivity contribution in [2.24, 2.45) is 0 Å². The van der Waals surface area contributed by atoms with Gasteiger partial charge in [-0.2, -0.15) is 5.26 Å². The Labute approximate surface area is 59.2 Å². The Morgan fingerprint density at radius 2 is 2.30 bits per heavy atom. The molecule has 4 heteroatoms. The zero-order valence-corrected chi connectivity index (χ0v) is 5.67. The van der Waals surface area contributed by atoms with Crippen LogP contribution in [0, 0.1) is 5.41 Å². The molecule has 4 nitrogen and oxygen atoms in total. The monoisotopic (exact) mass is 145 g/mol. The summed E-state index contributed by atoms with van der Waals surface area (Å²) in [5.74, 6) is -0.606. The van der Waals surface area contributed by atoms with Gasteiger partial charge in [-0.1, -0.05) is 0 Å². The topological polar surface area (TPSA) is 70.4 Å². The van der Waals surface area contributed by atoms with Gasteiger partial charge in [0, 0.05) is 6.42 Å². The maximum atomic E-state index is 10.2. The van der Waals surface area contributed by atoms with Gasteiger partial charge in [0.15, 0.2) is 0 Å². The zero-order valence-electron chi connectivity index (χ0n) is 5.67. The van der Waals surface area contributed by atoms with Crippen molar-refractivity contribution >= 4 is 12.2 Å². The molecule has 2 N–H and O–H groups in total. The van der Waals surface area contributed by atoms with Crippen molar-refractivity contribution in [1.29, 1.82) is 5.41 Å². The van der Waals surface area contributed by atoms with Crippen LogP contribution in [0.25, 0.3) is 0 Å². The highest BCUT2D eigenvalue weighted by molar-refractivity contribution is 5.68. The third-order valence-corrected chi connectivity index (χ3v) is 1.08. The second kappa shape index (κ2) is 6.22. The van der Waals surface area contributed by atoms with Gasteiger partial charge >= 0.3 is 5.97 Å². The van der Waals surface area contributed by atoms with Crippen molar-refractivity contribution in [2.45, 2.75) is 25.7 Å². The van der Waals surface area contributed by atoms with Gasteiger partial charge in [0.05, 0.1) is 0 Å². The fourth-order valence-electron chi connectivity index (χ4n) is 0.561. The van der Waals surface area contributed by atoms with Crippen LogP contribution in [-0.2, 0) is 9.68 Å². The Bertz CT molecular complexity index is 114. The predicted octanol–water partition coefficient (Wildman–Crippen LogP) is 1.21. The molecule has 0 fully saturated rings. The minimum absolute atomic E-state index is 0.227. The van der Waals surface area contributed by atoms with Gasteiger partial charge in [0.25, 0.3) is 0 Å². The molecule has 0 aromatic rings. The van der Waals surface area contributed by atoms with Gasteiger partial charge < -0.3 is 10.3 Å². The largest absolute Gasteiger partial charge is 0.342 e.